The predicted octanol–water partition coefficient (Wildman–Crippen LogP) is 4.14. The molecular formula is C18H23Cl2NO3. The Balaban J connectivity index is 1.77. The molecular weight excluding hydrogens is 349 g/mol. The number of fused-ring (bicyclic) bond motifs is 1. The van der Waals surface area contributed by atoms with Crippen LogP contribution in [0.5, 0.6) is 0 Å². The molecule has 1 aromatic rings. The Kier molecular flexibility index (Phi) is 6.03. The van der Waals surface area contributed by atoms with Crippen LogP contribution in [-0.4, -0.2) is 31.8 Å². The second-order valence-corrected chi connectivity index (χ2v) is 7.36. The number of hydrogen-bond donors (Lipinski definition) is 1. The third kappa shape index (κ3) is 3.88. The molecule has 1 amide bonds. The molecule has 0 unspecified atom stereocenters. The second-order valence-electron chi connectivity index (χ2n) is 6.55. The minimum Gasteiger partial charge on any atom is -0.384 e. The van der Waals surface area contributed by atoms with Crippen molar-refractivity contribution < 1.29 is 14.3 Å². The van der Waals surface area contributed by atoms with Crippen LogP contribution in [0.1, 0.15) is 43.8 Å². The maximum atomic E-state index is 12.2. The Labute approximate surface area is 152 Å². The summed E-state index contributed by atoms with van der Waals surface area (Å²) in [5.74, 6) is 0.396. The predicted molar refractivity (Wildman–Crippen MR) is 94.5 cm³/mol. The lowest BCUT2D eigenvalue weighted by atomic mass is 9.86. The number of ether oxygens (including phenoxy) is 2. The van der Waals surface area contributed by atoms with E-state index in [-0.39, 0.29) is 24.2 Å². The number of halogens is 2. The van der Waals surface area contributed by atoms with Gasteiger partial charge in [-0.15, -0.1) is 0 Å². The van der Waals surface area contributed by atoms with Crippen molar-refractivity contribution in [1.29, 1.82) is 0 Å². The molecule has 4 nitrogen and oxygen atoms in total. The number of hydrogen-bond acceptors (Lipinski definition) is 3. The molecule has 24 heavy (non-hydrogen) atoms. The SMILES string of the molecule is COCCC(=O)N[C@@H]1C[C@H](c2c(Cl)cccc2Cl)O[C@@H]2CCC[C@@H]12. The van der Waals surface area contributed by atoms with Crippen LogP contribution in [0.4, 0.5) is 0 Å². The van der Waals surface area contributed by atoms with Crippen molar-refractivity contribution in [3.63, 3.8) is 0 Å². The molecule has 1 saturated carbocycles. The average molecular weight is 372 g/mol. The first-order valence-electron chi connectivity index (χ1n) is 8.47. The maximum Gasteiger partial charge on any atom is 0.222 e. The molecule has 1 aliphatic carbocycles. The van der Waals surface area contributed by atoms with Gasteiger partial charge in [0.05, 0.1) is 18.8 Å². The summed E-state index contributed by atoms with van der Waals surface area (Å²) < 4.78 is 11.3. The van der Waals surface area contributed by atoms with Crippen LogP contribution in [0, 0.1) is 5.92 Å². The van der Waals surface area contributed by atoms with Crippen molar-refractivity contribution in [1.82, 2.24) is 5.32 Å². The Hall–Kier alpha value is -0.810. The second kappa shape index (κ2) is 8.05. The minimum absolute atomic E-state index is 0.0263. The van der Waals surface area contributed by atoms with Crippen molar-refractivity contribution in [3.8, 4) is 0 Å². The van der Waals surface area contributed by atoms with E-state index in [4.69, 9.17) is 32.7 Å². The quantitative estimate of drug-likeness (QED) is 0.845. The first-order valence-corrected chi connectivity index (χ1v) is 9.23. The van der Waals surface area contributed by atoms with E-state index in [1.165, 1.54) is 0 Å². The van der Waals surface area contributed by atoms with Crippen LogP contribution in [0.15, 0.2) is 18.2 Å². The largest absolute Gasteiger partial charge is 0.384 e. The van der Waals surface area contributed by atoms with Crippen molar-refractivity contribution in [2.24, 2.45) is 5.92 Å². The molecule has 1 aromatic carbocycles. The van der Waals surface area contributed by atoms with E-state index in [2.05, 4.69) is 5.32 Å². The highest BCUT2D eigenvalue weighted by atomic mass is 35.5. The highest BCUT2D eigenvalue weighted by Gasteiger charge is 2.43. The third-order valence-electron chi connectivity index (χ3n) is 5.03. The van der Waals surface area contributed by atoms with Crippen molar-refractivity contribution in [3.05, 3.63) is 33.8 Å². The van der Waals surface area contributed by atoms with Crippen LogP contribution in [-0.2, 0) is 14.3 Å². The van der Waals surface area contributed by atoms with Gasteiger partial charge in [0.25, 0.3) is 0 Å². The lowest BCUT2D eigenvalue weighted by Crippen LogP contribution is -2.48. The van der Waals surface area contributed by atoms with Gasteiger partial charge in [-0.1, -0.05) is 35.7 Å². The van der Waals surface area contributed by atoms with E-state index >= 15 is 0 Å². The summed E-state index contributed by atoms with van der Waals surface area (Å²) in [5, 5.41) is 4.42. The molecule has 0 radical (unpaired) electrons. The standard InChI is InChI=1S/C18H23Cl2NO3/c1-23-9-8-17(22)21-14-10-16(24-15-7-2-4-11(14)15)18-12(19)5-3-6-13(18)20/h3,5-6,11,14-16H,2,4,7-10H2,1H3,(H,21,22)/t11-,14+,15+,16+/m0/s1. The number of methoxy groups -OCH3 is 1. The summed E-state index contributed by atoms with van der Waals surface area (Å²) in [6.07, 6.45) is 4.29. The van der Waals surface area contributed by atoms with Crippen LogP contribution in [0.2, 0.25) is 10.0 Å². The summed E-state index contributed by atoms with van der Waals surface area (Å²) in [4.78, 5) is 12.2. The summed E-state index contributed by atoms with van der Waals surface area (Å²) >= 11 is 12.7. The van der Waals surface area contributed by atoms with E-state index in [0.717, 1.165) is 24.8 Å². The molecule has 4 atom stereocenters. The lowest BCUT2D eigenvalue weighted by Gasteiger charge is -2.40. The van der Waals surface area contributed by atoms with Gasteiger partial charge in [0.1, 0.15) is 0 Å². The molecule has 0 bridgehead atoms. The van der Waals surface area contributed by atoms with Gasteiger partial charge in [0, 0.05) is 41.1 Å². The zero-order valence-corrected chi connectivity index (χ0v) is 15.3. The Morgan fingerprint density at radius 2 is 2.08 bits per heavy atom. The molecule has 3 rings (SSSR count). The van der Waals surface area contributed by atoms with Crippen molar-refractivity contribution in [2.45, 2.75) is 50.4 Å². The molecule has 1 aliphatic heterocycles. The molecule has 0 aromatic heterocycles. The van der Waals surface area contributed by atoms with Crippen LogP contribution in [0.3, 0.4) is 0 Å². The van der Waals surface area contributed by atoms with Gasteiger partial charge in [0.15, 0.2) is 0 Å². The van der Waals surface area contributed by atoms with Crippen LogP contribution < -0.4 is 5.32 Å². The Morgan fingerprint density at radius 3 is 2.79 bits per heavy atom. The number of rotatable bonds is 5. The molecule has 2 fully saturated rings. The molecule has 6 heteroatoms. The van der Waals surface area contributed by atoms with Gasteiger partial charge in [-0.3, -0.25) is 4.79 Å². The summed E-state index contributed by atoms with van der Waals surface area (Å²) in [7, 11) is 1.60. The van der Waals surface area contributed by atoms with Crippen molar-refractivity contribution in [2.75, 3.05) is 13.7 Å². The fourth-order valence-electron chi connectivity index (χ4n) is 3.90. The maximum absolute atomic E-state index is 12.2. The molecule has 1 N–H and O–H groups in total. The van der Waals surface area contributed by atoms with E-state index in [1.54, 1.807) is 7.11 Å². The Morgan fingerprint density at radius 1 is 1.33 bits per heavy atom. The van der Waals surface area contributed by atoms with Crippen LogP contribution >= 0.6 is 23.2 Å². The topological polar surface area (TPSA) is 47.6 Å². The monoisotopic (exact) mass is 371 g/mol. The molecule has 1 heterocycles. The summed E-state index contributed by atoms with van der Waals surface area (Å²) in [5.41, 5.74) is 0.835. The van der Waals surface area contributed by atoms with Gasteiger partial charge in [0.2, 0.25) is 5.91 Å². The number of amides is 1. The van der Waals surface area contributed by atoms with Gasteiger partial charge in [-0.25, -0.2) is 0 Å². The number of benzene rings is 1. The number of nitrogens with one attached hydrogen (secondary N) is 1. The van der Waals surface area contributed by atoms with E-state index in [1.807, 2.05) is 18.2 Å². The fourth-order valence-corrected chi connectivity index (χ4v) is 4.54. The van der Waals surface area contributed by atoms with E-state index in [0.29, 0.717) is 35.4 Å². The summed E-state index contributed by atoms with van der Waals surface area (Å²) in [6.45, 7) is 0.433. The zero-order chi connectivity index (χ0) is 17.1. The average Bonchev–Trinajstić information content (AvgIpc) is 3.01. The molecule has 1 saturated heterocycles. The van der Waals surface area contributed by atoms with Gasteiger partial charge >= 0.3 is 0 Å². The minimum atomic E-state index is -0.182. The molecule has 2 aliphatic rings. The first kappa shape index (κ1) is 18.0. The van der Waals surface area contributed by atoms with E-state index in [9.17, 15) is 4.79 Å². The number of carbonyl (C=O) groups excluding carboxylic acids is 1. The van der Waals surface area contributed by atoms with Gasteiger partial charge in [-0.05, 0) is 31.4 Å². The van der Waals surface area contributed by atoms with Gasteiger partial charge < -0.3 is 14.8 Å². The van der Waals surface area contributed by atoms with E-state index < -0.39 is 0 Å². The summed E-state index contributed by atoms with van der Waals surface area (Å²) in [6, 6.07) is 5.59. The highest BCUT2D eigenvalue weighted by Crippen LogP contribution is 2.45. The lowest BCUT2D eigenvalue weighted by molar-refractivity contribution is -0.127. The molecule has 0 spiro atoms. The third-order valence-corrected chi connectivity index (χ3v) is 5.69. The van der Waals surface area contributed by atoms with Gasteiger partial charge in [-0.2, -0.15) is 0 Å². The number of carbonyl (C=O) groups is 1. The first-order chi connectivity index (χ1) is 11.6. The highest BCUT2D eigenvalue weighted by molar-refractivity contribution is 6.36. The zero-order valence-electron chi connectivity index (χ0n) is 13.8. The normalized spacial score (nSPS) is 29.3. The molecule has 132 valence electrons. The van der Waals surface area contributed by atoms with Crippen molar-refractivity contribution >= 4 is 29.1 Å². The van der Waals surface area contributed by atoms with Crippen LogP contribution in [0.25, 0.3) is 0 Å². The fraction of sp³-hybridized carbons (Fsp3) is 0.611. The Bertz CT molecular complexity index is 575. The smallest absolute Gasteiger partial charge is 0.222 e.